The van der Waals surface area contributed by atoms with Crippen LogP contribution in [0.1, 0.15) is 55.7 Å². The Morgan fingerprint density at radius 3 is 2.28 bits per heavy atom. The number of hydrogen-bond acceptors (Lipinski definition) is 4. The molecule has 1 saturated carbocycles. The first-order valence-corrected chi connectivity index (χ1v) is 12.1. The average Bonchev–Trinajstić information content (AvgIpc) is 3.10. The number of non-ortho nitro benzene ring substituents is 1. The maximum absolute atomic E-state index is 13.4. The lowest BCUT2D eigenvalue weighted by molar-refractivity contribution is -0.384. The van der Waals surface area contributed by atoms with E-state index >= 15 is 0 Å². The molecule has 2 aromatic rings. The topological polar surface area (TPSA) is 101 Å². The van der Waals surface area contributed by atoms with E-state index in [1.807, 2.05) is 18.2 Å². The second kappa shape index (κ2) is 8.94. The number of carboxylic acid groups (broad SMARTS) is 1. The van der Waals surface area contributed by atoms with Crippen LogP contribution in [-0.4, -0.2) is 32.8 Å². The molecule has 0 aromatic heterocycles. The van der Waals surface area contributed by atoms with Crippen molar-refractivity contribution in [3.05, 3.63) is 72.7 Å². The number of nitrogens with zero attached hydrogens (tertiary/aromatic N) is 2. The summed E-state index contributed by atoms with van der Waals surface area (Å²) in [5.74, 6) is -1.30. The first-order chi connectivity index (χ1) is 15.3. The van der Waals surface area contributed by atoms with E-state index in [0.717, 1.165) is 46.6 Å². The van der Waals surface area contributed by atoms with Crippen LogP contribution in [0.15, 0.2) is 51.4 Å². The Kier molecular flexibility index (Phi) is 6.40. The third kappa shape index (κ3) is 3.85. The number of halogens is 2. The monoisotopic (exact) mass is 564 g/mol. The van der Waals surface area contributed by atoms with Crippen LogP contribution in [0.25, 0.3) is 0 Å². The summed E-state index contributed by atoms with van der Waals surface area (Å²) < 4.78 is 1.59. The molecule has 7 nitrogen and oxygen atoms in total. The minimum Gasteiger partial charge on any atom is -0.480 e. The number of carbonyl (C=O) groups excluding carboxylic acids is 1. The third-order valence-corrected chi connectivity index (χ3v) is 8.55. The van der Waals surface area contributed by atoms with Crippen molar-refractivity contribution in [2.24, 2.45) is 0 Å². The molecule has 1 saturated heterocycles. The summed E-state index contributed by atoms with van der Waals surface area (Å²) in [4.78, 5) is 38.7. The quantitative estimate of drug-likeness (QED) is 0.367. The molecule has 9 heteroatoms. The van der Waals surface area contributed by atoms with Gasteiger partial charge in [0.05, 0.1) is 11.0 Å². The third-order valence-electron chi connectivity index (χ3n) is 6.67. The molecule has 1 amide bonds. The lowest BCUT2D eigenvalue weighted by atomic mass is 9.71. The lowest BCUT2D eigenvalue weighted by Crippen LogP contribution is -2.46. The summed E-state index contributed by atoms with van der Waals surface area (Å²) >= 11 is 6.97. The summed E-state index contributed by atoms with van der Waals surface area (Å²) in [6, 6.07) is 10.4. The number of rotatable bonds is 5. The SMILES string of the molecule is O=C1C[C@@](C(=O)O)(c2ccc([N+](=O)[O-])cc2)[C@@H](c2ccc(Br)c(Br)c2)N1C1CCCCC1. The van der Waals surface area contributed by atoms with Gasteiger partial charge in [0.2, 0.25) is 5.91 Å². The van der Waals surface area contributed by atoms with Crippen molar-refractivity contribution in [3.8, 4) is 0 Å². The Morgan fingerprint density at radius 2 is 1.72 bits per heavy atom. The van der Waals surface area contributed by atoms with Crippen LogP contribution in [0.5, 0.6) is 0 Å². The summed E-state index contributed by atoms with van der Waals surface area (Å²) in [7, 11) is 0. The van der Waals surface area contributed by atoms with Gasteiger partial charge in [-0.15, -0.1) is 0 Å². The molecule has 1 aliphatic heterocycles. The lowest BCUT2D eigenvalue weighted by Gasteiger charge is -2.40. The highest BCUT2D eigenvalue weighted by molar-refractivity contribution is 9.13. The fourth-order valence-corrected chi connectivity index (χ4v) is 5.81. The standard InChI is InChI=1S/C23H22Br2N2O5/c24-18-11-6-14(12-19(18)25)21-23(22(29)30,15-7-9-17(10-8-15)27(31)32)13-20(28)26(21)16-4-2-1-3-5-16/h6-12,16,21H,1-5,13H2,(H,29,30)/t21-,23-/m1/s1. The van der Waals surface area contributed by atoms with Crippen molar-refractivity contribution in [1.82, 2.24) is 4.90 Å². The van der Waals surface area contributed by atoms with Crippen LogP contribution in [0, 0.1) is 10.1 Å². The van der Waals surface area contributed by atoms with Gasteiger partial charge in [-0.1, -0.05) is 37.5 Å². The van der Waals surface area contributed by atoms with Crippen molar-refractivity contribution in [3.63, 3.8) is 0 Å². The Morgan fingerprint density at radius 1 is 1.06 bits per heavy atom. The van der Waals surface area contributed by atoms with Gasteiger partial charge in [-0.25, -0.2) is 0 Å². The van der Waals surface area contributed by atoms with Gasteiger partial charge in [0.1, 0.15) is 5.41 Å². The maximum Gasteiger partial charge on any atom is 0.317 e. The number of carbonyl (C=O) groups is 2. The molecular weight excluding hydrogens is 544 g/mol. The normalized spacial score (nSPS) is 24.0. The highest BCUT2D eigenvalue weighted by Gasteiger charge is 2.60. The fraction of sp³-hybridized carbons (Fsp3) is 0.391. The Labute approximate surface area is 202 Å². The first-order valence-electron chi connectivity index (χ1n) is 10.5. The second-order valence-corrected chi connectivity index (χ2v) is 10.1. The van der Waals surface area contributed by atoms with Gasteiger partial charge in [0.15, 0.2) is 0 Å². The smallest absolute Gasteiger partial charge is 0.317 e. The number of hydrogen-bond donors (Lipinski definition) is 1. The number of nitro groups is 1. The first kappa shape index (κ1) is 22.9. The van der Waals surface area contributed by atoms with Gasteiger partial charge in [-0.2, -0.15) is 0 Å². The van der Waals surface area contributed by atoms with E-state index in [0.29, 0.717) is 5.56 Å². The molecule has 2 atom stereocenters. The van der Waals surface area contributed by atoms with Crippen LogP contribution in [0.2, 0.25) is 0 Å². The maximum atomic E-state index is 13.4. The predicted molar refractivity (Wildman–Crippen MR) is 125 cm³/mol. The highest BCUT2D eigenvalue weighted by atomic mass is 79.9. The van der Waals surface area contributed by atoms with Crippen molar-refractivity contribution >= 4 is 49.4 Å². The van der Waals surface area contributed by atoms with Gasteiger partial charge < -0.3 is 10.0 Å². The van der Waals surface area contributed by atoms with Crippen molar-refractivity contribution in [1.29, 1.82) is 0 Å². The van der Waals surface area contributed by atoms with Crippen LogP contribution in [0.3, 0.4) is 0 Å². The van der Waals surface area contributed by atoms with Crippen LogP contribution >= 0.6 is 31.9 Å². The van der Waals surface area contributed by atoms with E-state index in [4.69, 9.17) is 0 Å². The van der Waals surface area contributed by atoms with E-state index in [-0.39, 0.29) is 24.1 Å². The molecule has 32 heavy (non-hydrogen) atoms. The molecule has 2 fully saturated rings. The molecule has 2 aromatic carbocycles. The zero-order valence-corrected chi connectivity index (χ0v) is 20.3. The molecule has 0 radical (unpaired) electrons. The molecule has 1 heterocycles. The van der Waals surface area contributed by atoms with Gasteiger partial charge in [-0.05, 0) is 68.0 Å². The molecule has 0 bridgehead atoms. The number of benzene rings is 2. The number of nitro benzene ring substituents is 1. The number of likely N-dealkylation sites (tertiary alicyclic amines) is 1. The molecule has 1 N–H and O–H groups in total. The van der Waals surface area contributed by atoms with E-state index in [1.165, 1.54) is 24.3 Å². The summed E-state index contributed by atoms with van der Waals surface area (Å²) in [6.45, 7) is 0. The Balaban J connectivity index is 1.91. The Bertz CT molecular complexity index is 1070. The summed E-state index contributed by atoms with van der Waals surface area (Å²) in [5.41, 5.74) is -0.550. The van der Waals surface area contributed by atoms with Gasteiger partial charge in [-0.3, -0.25) is 19.7 Å². The van der Waals surface area contributed by atoms with Crippen LogP contribution < -0.4 is 0 Å². The van der Waals surface area contributed by atoms with Gasteiger partial charge >= 0.3 is 5.97 Å². The van der Waals surface area contributed by atoms with Crippen LogP contribution in [-0.2, 0) is 15.0 Å². The van der Waals surface area contributed by atoms with Gasteiger partial charge in [0, 0.05) is 33.5 Å². The number of amides is 1. The largest absolute Gasteiger partial charge is 0.480 e. The number of aliphatic carboxylic acids is 1. The molecule has 0 unspecified atom stereocenters. The van der Waals surface area contributed by atoms with E-state index in [2.05, 4.69) is 31.9 Å². The molecule has 1 aliphatic carbocycles. The zero-order valence-electron chi connectivity index (χ0n) is 17.2. The highest BCUT2D eigenvalue weighted by Crippen LogP contribution is 2.52. The molecule has 0 spiro atoms. The second-order valence-electron chi connectivity index (χ2n) is 8.43. The molecular formula is C23H22Br2N2O5. The molecule has 2 aliphatic rings. The molecule has 168 valence electrons. The van der Waals surface area contributed by atoms with E-state index in [1.54, 1.807) is 4.90 Å². The predicted octanol–water partition coefficient (Wildman–Crippen LogP) is 5.75. The van der Waals surface area contributed by atoms with Gasteiger partial charge in [0.25, 0.3) is 5.69 Å². The fourth-order valence-electron chi connectivity index (χ4n) is 5.17. The van der Waals surface area contributed by atoms with Crippen molar-refractivity contribution < 1.29 is 19.6 Å². The minimum atomic E-state index is -1.54. The number of carboxylic acids is 1. The van der Waals surface area contributed by atoms with Crippen molar-refractivity contribution in [2.45, 2.75) is 56.0 Å². The minimum absolute atomic E-state index is 0.0251. The zero-order chi connectivity index (χ0) is 23.0. The summed E-state index contributed by atoms with van der Waals surface area (Å²) in [6.07, 6.45) is 4.62. The van der Waals surface area contributed by atoms with E-state index in [9.17, 15) is 24.8 Å². The Hall–Kier alpha value is -2.26. The van der Waals surface area contributed by atoms with Crippen molar-refractivity contribution in [2.75, 3.05) is 0 Å². The molecule has 4 rings (SSSR count). The van der Waals surface area contributed by atoms with Crippen LogP contribution in [0.4, 0.5) is 5.69 Å². The average molecular weight is 566 g/mol. The van der Waals surface area contributed by atoms with E-state index < -0.39 is 22.3 Å². The summed E-state index contributed by atoms with van der Waals surface area (Å²) in [5, 5.41) is 21.7.